The van der Waals surface area contributed by atoms with Crippen molar-refractivity contribution in [3.05, 3.63) is 105 Å². The molecular formula is C28H24Cl2FNO2. The number of rotatable bonds is 7. The lowest BCUT2D eigenvalue weighted by molar-refractivity contribution is 0.284. The highest BCUT2D eigenvalue weighted by Crippen LogP contribution is 2.37. The molecule has 1 atom stereocenters. The topological polar surface area (TPSA) is 35.3 Å². The van der Waals surface area contributed by atoms with Gasteiger partial charge in [-0.25, -0.2) is 4.39 Å². The van der Waals surface area contributed by atoms with E-state index in [0.29, 0.717) is 38.2 Å². The van der Waals surface area contributed by atoms with Crippen LogP contribution in [0.15, 0.2) is 65.2 Å². The van der Waals surface area contributed by atoms with Crippen molar-refractivity contribution in [2.45, 2.75) is 33.3 Å². The van der Waals surface area contributed by atoms with E-state index in [1.54, 1.807) is 12.1 Å². The molecule has 4 aromatic rings. The van der Waals surface area contributed by atoms with Gasteiger partial charge >= 0.3 is 0 Å². The molecule has 0 aliphatic rings. The summed E-state index contributed by atoms with van der Waals surface area (Å²) in [5.74, 6) is -0.361. The van der Waals surface area contributed by atoms with E-state index < -0.39 is 12.4 Å². The van der Waals surface area contributed by atoms with Crippen LogP contribution in [0.1, 0.15) is 49.2 Å². The molecule has 1 aromatic heterocycles. The number of halogens is 3. The zero-order valence-corrected chi connectivity index (χ0v) is 20.5. The standard InChI is InChI=1S/C28H24Cl2FNO2/c1-17(2)28-21(27(32-34-28)26-18(3)8-7-11-22(26)29)16-33-25-15-23(30)20(14-24(25)31)13-12-19-9-5-4-6-10-19/h4-15,17H,16H2,1-3H3/b13-12+/i16D. The summed E-state index contributed by atoms with van der Waals surface area (Å²) in [6, 6.07) is 17.8. The molecule has 0 fully saturated rings. The molecular weight excluding hydrogens is 472 g/mol. The first-order valence-corrected chi connectivity index (χ1v) is 11.6. The largest absolute Gasteiger partial charge is 0.486 e. The molecule has 0 radical (unpaired) electrons. The average molecular weight is 497 g/mol. The molecule has 0 aliphatic carbocycles. The smallest absolute Gasteiger partial charge is 0.165 e. The summed E-state index contributed by atoms with van der Waals surface area (Å²) in [6.07, 6.45) is 3.58. The van der Waals surface area contributed by atoms with Crippen molar-refractivity contribution < 1.29 is 15.0 Å². The van der Waals surface area contributed by atoms with Gasteiger partial charge in [0, 0.05) is 17.5 Å². The summed E-state index contributed by atoms with van der Waals surface area (Å²) in [4.78, 5) is 0. The minimum absolute atomic E-state index is 0.0792. The molecule has 0 N–H and O–H groups in total. The van der Waals surface area contributed by atoms with Crippen LogP contribution in [0.5, 0.6) is 5.75 Å². The van der Waals surface area contributed by atoms with E-state index in [2.05, 4.69) is 5.16 Å². The van der Waals surface area contributed by atoms with Crippen molar-refractivity contribution in [2.24, 2.45) is 0 Å². The maximum absolute atomic E-state index is 15.0. The summed E-state index contributed by atoms with van der Waals surface area (Å²) in [5, 5.41) is 4.99. The van der Waals surface area contributed by atoms with Crippen molar-refractivity contribution in [2.75, 3.05) is 0 Å². The number of hydrogen-bond donors (Lipinski definition) is 0. The van der Waals surface area contributed by atoms with Gasteiger partial charge in [-0.05, 0) is 35.7 Å². The number of aryl methyl sites for hydroxylation is 1. The van der Waals surface area contributed by atoms with Crippen LogP contribution in [-0.2, 0) is 6.58 Å². The maximum Gasteiger partial charge on any atom is 0.165 e. The Morgan fingerprint density at radius 2 is 1.82 bits per heavy atom. The second-order valence-electron chi connectivity index (χ2n) is 8.18. The Hall–Kier alpha value is -3.08. The molecule has 3 nitrogen and oxygen atoms in total. The lowest BCUT2D eigenvalue weighted by Crippen LogP contribution is -2.03. The predicted octanol–water partition coefficient (Wildman–Crippen LogP) is 8.97. The molecule has 0 saturated heterocycles. The number of hydrogen-bond acceptors (Lipinski definition) is 3. The number of aromatic nitrogens is 1. The predicted molar refractivity (Wildman–Crippen MR) is 137 cm³/mol. The van der Waals surface area contributed by atoms with Gasteiger partial charge in [-0.3, -0.25) is 0 Å². The van der Waals surface area contributed by atoms with Gasteiger partial charge in [0.25, 0.3) is 0 Å². The first-order valence-electron chi connectivity index (χ1n) is 11.4. The van der Waals surface area contributed by atoms with Crippen LogP contribution in [0.2, 0.25) is 10.0 Å². The Balaban J connectivity index is 1.67. The fraction of sp³-hybridized carbons (Fsp3) is 0.179. The monoisotopic (exact) mass is 496 g/mol. The average Bonchev–Trinajstić information content (AvgIpc) is 3.26. The normalized spacial score (nSPS) is 12.9. The van der Waals surface area contributed by atoms with E-state index >= 15 is 4.39 Å². The first kappa shape index (κ1) is 22.7. The molecule has 0 saturated carbocycles. The fourth-order valence-corrected chi connectivity index (χ4v) is 4.11. The first-order chi connectivity index (χ1) is 16.8. The molecule has 0 spiro atoms. The second kappa shape index (κ2) is 10.5. The summed E-state index contributed by atoms with van der Waals surface area (Å²) in [7, 11) is 0. The minimum Gasteiger partial charge on any atom is -0.486 e. The quantitative estimate of drug-likeness (QED) is 0.239. The lowest BCUT2D eigenvalue weighted by atomic mass is 9.98. The van der Waals surface area contributed by atoms with Crippen molar-refractivity contribution in [3.63, 3.8) is 0 Å². The number of ether oxygens (including phenoxy) is 1. The van der Waals surface area contributed by atoms with E-state index in [1.807, 2.05) is 69.3 Å². The minimum atomic E-state index is -1.32. The molecule has 174 valence electrons. The van der Waals surface area contributed by atoms with Gasteiger partial charge in [-0.2, -0.15) is 0 Å². The molecule has 1 heterocycles. The SMILES string of the molecule is [2H]C(Oc1cc(Cl)c(/C=C/c2ccccc2)cc1F)c1c(-c2c(C)cccc2Cl)noc1C(C)C. The maximum atomic E-state index is 15.0. The van der Waals surface area contributed by atoms with Gasteiger partial charge in [-0.1, -0.05) is 96.8 Å². The van der Waals surface area contributed by atoms with Crippen molar-refractivity contribution in [1.29, 1.82) is 0 Å². The van der Waals surface area contributed by atoms with Crippen molar-refractivity contribution in [3.8, 4) is 17.0 Å². The lowest BCUT2D eigenvalue weighted by Gasteiger charge is -2.12. The molecule has 4 rings (SSSR count). The van der Waals surface area contributed by atoms with Crippen molar-refractivity contribution >= 4 is 35.4 Å². The van der Waals surface area contributed by atoms with Gasteiger partial charge in [-0.15, -0.1) is 0 Å². The van der Waals surface area contributed by atoms with E-state index in [1.165, 1.54) is 12.1 Å². The van der Waals surface area contributed by atoms with Crippen molar-refractivity contribution in [1.82, 2.24) is 5.16 Å². The Labute approximate surface area is 210 Å². The fourth-order valence-electron chi connectivity index (χ4n) is 3.59. The van der Waals surface area contributed by atoms with Crippen LogP contribution in [-0.4, -0.2) is 5.16 Å². The van der Waals surface area contributed by atoms with Gasteiger partial charge in [0.15, 0.2) is 11.6 Å². The van der Waals surface area contributed by atoms with Crippen LogP contribution in [0, 0.1) is 12.7 Å². The third-order valence-electron chi connectivity index (χ3n) is 5.35. The third kappa shape index (κ3) is 5.19. The number of benzene rings is 3. The Morgan fingerprint density at radius 3 is 2.53 bits per heavy atom. The molecule has 0 aliphatic heterocycles. The van der Waals surface area contributed by atoms with E-state index in [9.17, 15) is 0 Å². The summed E-state index contributed by atoms with van der Waals surface area (Å²) >= 11 is 12.9. The van der Waals surface area contributed by atoms with Gasteiger partial charge in [0.1, 0.15) is 18.0 Å². The Bertz CT molecular complexity index is 1350. The Morgan fingerprint density at radius 1 is 1.06 bits per heavy atom. The van der Waals surface area contributed by atoms with E-state index in [0.717, 1.165) is 11.1 Å². The van der Waals surface area contributed by atoms with Crippen LogP contribution >= 0.6 is 23.2 Å². The highest BCUT2D eigenvalue weighted by Gasteiger charge is 2.23. The van der Waals surface area contributed by atoms with E-state index in [4.69, 9.17) is 33.8 Å². The van der Waals surface area contributed by atoms with Gasteiger partial charge in [0.2, 0.25) is 0 Å². The van der Waals surface area contributed by atoms with Crippen LogP contribution in [0.4, 0.5) is 4.39 Å². The molecule has 3 aromatic carbocycles. The highest BCUT2D eigenvalue weighted by molar-refractivity contribution is 6.33. The zero-order chi connectivity index (χ0) is 25.1. The molecule has 0 bridgehead atoms. The van der Waals surface area contributed by atoms with Crippen LogP contribution in [0.3, 0.4) is 0 Å². The van der Waals surface area contributed by atoms with E-state index in [-0.39, 0.29) is 11.7 Å². The summed E-state index contributed by atoms with van der Waals surface area (Å²) in [6.45, 7) is 4.42. The molecule has 6 heteroatoms. The second-order valence-corrected chi connectivity index (χ2v) is 8.99. The van der Waals surface area contributed by atoms with Gasteiger partial charge in [0.05, 0.1) is 17.0 Å². The van der Waals surface area contributed by atoms with Gasteiger partial charge < -0.3 is 9.26 Å². The summed E-state index contributed by atoms with van der Waals surface area (Å²) < 4.78 is 35.1. The highest BCUT2D eigenvalue weighted by atomic mass is 35.5. The third-order valence-corrected chi connectivity index (χ3v) is 5.99. The molecule has 0 amide bonds. The molecule has 1 unspecified atom stereocenters. The van der Waals surface area contributed by atoms with Crippen LogP contribution in [0.25, 0.3) is 23.4 Å². The van der Waals surface area contributed by atoms with Crippen LogP contribution < -0.4 is 4.74 Å². The number of nitrogens with zero attached hydrogens (tertiary/aromatic N) is 1. The summed E-state index contributed by atoms with van der Waals surface area (Å²) in [5.41, 5.74) is 3.80. The molecule has 34 heavy (non-hydrogen) atoms. The zero-order valence-electron chi connectivity index (χ0n) is 20.0. The Kier molecular flexibility index (Phi) is 6.98.